The Morgan fingerprint density at radius 1 is 1.67 bits per heavy atom. The smallest absolute Gasteiger partial charge is 0.214 e. The molecule has 1 fully saturated rings. The number of hydrogen-bond donors (Lipinski definition) is 0. The highest BCUT2D eigenvalue weighted by Crippen LogP contribution is 2.09. The van der Waals surface area contributed by atoms with Gasteiger partial charge >= 0.3 is 0 Å². The molecule has 0 amide bonds. The minimum absolute atomic E-state index is 0.161. The molecular weight excluding hydrogens is 120 g/mol. The fourth-order valence-corrected chi connectivity index (χ4v) is 0.758. The maximum atomic E-state index is 10.1. The van der Waals surface area contributed by atoms with Gasteiger partial charge in [-0.05, 0) is 13.3 Å². The van der Waals surface area contributed by atoms with Crippen LogP contribution in [0.4, 0.5) is 0 Å². The fraction of sp³-hybridized carbons (Fsp3) is 0.833. The SMILES string of the molecule is CC1CCOC(C=O)O1. The Balaban J connectivity index is 2.31. The molecule has 9 heavy (non-hydrogen) atoms. The van der Waals surface area contributed by atoms with Crippen LogP contribution in [0, 0.1) is 0 Å². The van der Waals surface area contributed by atoms with Gasteiger partial charge in [-0.25, -0.2) is 0 Å². The van der Waals surface area contributed by atoms with Gasteiger partial charge < -0.3 is 9.47 Å². The van der Waals surface area contributed by atoms with Crippen LogP contribution in [-0.4, -0.2) is 25.3 Å². The van der Waals surface area contributed by atoms with Crippen LogP contribution in [0.25, 0.3) is 0 Å². The number of carbonyl (C=O) groups is 1. The normalized spacial score (nSPS) is 36.1. The van der Waals surface area contributed by atoms with E-state index in [0.29, 0.717) is 12.9 Å². The van der Waals surface area contributed by atoms with E-state index in [1.165, 1.54) is 0 Å². The molecule has 0 aromatic carbocycles. The number of carbonyl (C=O) groups excluding carboxylic acids is 1. The van der Waals surface area contributed by atoms with Crippen LogP contribution in [0.3, 0.4) is 0 Å². The van der Waals surface area contributed by atoms with Gasteiger partial charge in [0.25, 0.3) is 0 Å². The highest BCUT2D eigenvalue weighted by Gasteiger charge is 2.17. The van der Waals surface area contributed by atoms with Crippen molar-refractivity contribution in [3.8, 4) is 0 Å². The highest BCUT2D eigenvalue weighted by molar-refractivity contribution is 5.53. The molecule has 2 atom stereocenters. The molecule has 2 unspecified atom stereocenters. The van der Waals surface area contributed by atoms with Crippen LogP contribution in [0.15, 0.2) is 0 Å². The van der Waals surface area contributed by atoms with Gasteiger partial charge in [-0.3, -0.25) is 4.79 Å². The summed E-state index contributed by atoms with van der Waals surface area (Å²) in [6.07, 6.45) is 1.10. The van der Waals surface area contributed by atoms with Gasteiger partial charge in [0.1, 0.15) is 0 Å². The third kappa shape index (κ3) is 1.77. The molecular formula is C6H10O3. The molecule has 52 valence electrons. The summed E-state index contributed by atoms with van der Waals surface area (Å²) in [7, 11) is 0. The summed E-state index contributed by atoms with van der Waals surface area (Å²) < 4.78 is 9.95. The van der Waals surface area contributed by atoms with Crippen molar-refractivity contribution in [2.24, 2.45) is 0 Å². The molecule has 1 heterocycles. The van der Waals surface area contributed by atoms with Gasteiger partial charge in [0.05, 0.1) is 12.7 Å². The average Bonchev–Trinajstić information content (AvgIpc) is 1.88. The minimum Gasteiger partial charge on any atom is -0.346 e. The molecule has 0 radical (unpaired) electrons. The maximum Gasteiger partial charge on any atom is 0.214 e. The molecule has 0 N–H and O–H groups in total. The van der Waals surface area contributed by atoms with Crippen LogP contribution in [-0.2, 0) is 14.3 Å². The summed E-state index contributed by atoms with van der Waals surface area (Å²) in [6.45, 7) is 2.56. The van der Waals surface area contributed by atoms with Gasteiger partial charge in [0.2, 0.25) is 6.29 Å². The van der Waals surface area contributed by atoms with Crippen molar-refractivity contribution in [2.75, 3.05) is 6.61 Å². The van der Waals surface area contributed by atoms with Gasteiger partial charge in [-0.1, -0.05) is 0 Å². The fourth-order valence-electron chi connectivity index (χ4n) is 0.758. The zero-order chi connectivity index (χ0) is 6.69. The minimum atomic E-state index is -0.617. The van der Waals surface area contributed by atoms with E-state index in [0.717, 1.165) is 6.42 Å². The van der Waals surface area contributed by atoms with Crippen molar-refractivity contribution in [1.29, 1.82) is 0 Å². The third-order valence-electron chi connectivity index (χ3n) is 1.28. The van der Waals surface area contributed by atoms with Crippen molar-refractivity contribution in [2.45, 2.75) is 25.7 Å². The third-order valence-corrected chi connectivity index (χ3v) is 1.28. The Labute approximate surface area is 53.9 Å². The van der Waals surface area contributed by atoms with E-state index in [2.05, 4.69) is 0 Å². The Morgan fingerprint density at radius 3 is 2.89 bits per heavy atom. The summed E-state index contributed by atoms with van der Waals surface area (Å²) in [6, 6.07) is 0. The summed E-state index contributed by atoms with van der Waals surface area (Å²) >= 11 is 0. The first-order chi connectivity index (χ1) is 4.33. The lowest BCUT2D eigenvalue weighted by Gasteiger charge is -2.23. The Hall–Kier alpha value is -0.410. The van der Waals surface area contributed by atoms with Crippen LogP contribution in [0.5, 0.6) is 0 Å². The molecule has 0 aliphatic carbocycles. The van der Waals surface area contributed by atoms with Crippen LogP contribution >= 0.6 is 0 Å². The second kappa shape index (κ2) is 2.94. The second-order valence-corrected chi connectivity index (χ2v) is 2.11. The maximum absolute atomic E-state index is 10.1. The van der Waals surface area contributed by atoms with Gasteiger partial charge in [-0.2, -0.15) is 0 Å². The predicted octanol–water partition coefficient (Wildman–Crippen LogP) is 0.337. The van der Waals surface area contributed by atoms with Crippen molar-refractivity contribution in [1.82, 2.24) is 0 Å². The van der Waals surface area contributed by atoms with Gasteiger partial charge in [0.15, 0.2) is 6.29 Å². The predicted molar refractivity (Wildman–Crippen MR) is 31.0 cm³/mol. The van der Waals surface area contributed by atoms with E-state index >= 15 is 0 Å². The molecule has 0 aromatic heterocycles. The zero-order valence-electron chi connectivity index (χ0n) is 5.37. The average molecular weight is 130 g/mol. The molecule has 3 nitrogen and oxygen atoms in total. The van der Waals surface area contributed by atoms with Crippen molar-refractivity contribution >= 4 is 6.29 Å². The largest absolute Gasteiger partial charge is 0.346 e. The molecule has 1 aliphatic rings. The van der Waals surface area contributed by atoms with E-state index < -0.39 is 6.29 Å². The number of rotatable bonds is 1. The summed E-state index contributed by atoms with van der Waals surface area (Å²) in [5, 5.41) is 0. The van der Waals surface area contributed by atoms with Crippen molar-refractivity contribution < 1.29 is 14.3 Å². The van der Waals surface area contributed by atoms with E-state index in [9.17, 15) is 4.79 Å². The highest BCUT2D eigenvalue weighted by atomic mass is 16.7. The number of hydrogen-bond acceptors (Lipinski definition) is 3. The number of aldehydes is 1. The molecule has 0 spiro atoms. The van der Waals surface area contributed by atoms with Crippen molar-refractivity contribution in [3.05, 3.63) is 0 Å². The standard InChI is InChI=1S/C6H10O3/c1-5-2-3-8-6(4-7)9-5/h4-6H,2-3H2,1H3. The van der Waals surface area contributed by atoms with Gasteiger partial charge in [-0.15, -0.1) is 0 Å². The molecule has 0 bridgehead atoms. The van der Waals surface area contributed by atoms with E-state index in [1.807, 2.05) is 6.92 Å². The van der Waals surface area contributed by atoms with Crippen LogP contribution in [0.1, 0.15) is 13.3 Å². The molecule has 3 heteroatoms. The van der Waals surface area contributed by atoms with Crippen LogP contribution < -0.4 is 0 Å². The molecule has 1 aliphatic heterocycles. The molecule has 0 saturated carbocycles. The van der Waals surface area contributed by atoms with Crippen LogP contribution in [0.2, 0.25) is 0 Å². The molecule has 0 aromatic rings. The zero-order valence-corrected chi connectivity index (χ0v) is 5.37. The monoisotopic (exact) mass is 130 g/mol. The topological polar surface area (TPSA) is 35.5 Å². The van der Waals surface area contributed by atoms with Gasteiger partial charge in [0, 0.05) is 0 Å². The first-order valence-electron chi connectivity index (χ1n) is 3.05. The first-order valence-corrected chi connectivity index (χ1v) is 3.05. The van der Waals surface area contributed by atoms with E-state index in [-0.39, 0.29) is 6.10 Å². The quantitative estimate of drug-likeness (QED) is 0.480. The van der Waals surface area contributed by atoms with E-state index in [1.54, 1.807) is 0 Å². The van der Waals surface area contributed by atoms with E-state index in [4.69, 9.17) is 9.47 Å². The summed E-state index contributed by atoms with van der Waals surface area (Å²) in [5.41, 5.74) is 0. The first kappa shape index (κ1) is 6.71. The van der Waals surface area contributed by atoms with Crippen molar-refractivity contribution in [3.63, 3.8) is 0 Å². The lowest BCUT2D eigenvalue weighted by Crippen LogP contribution is -2.31. The number of ether oxygens (including phenoxy) is 2. The lowest BCUT2D eigenvalue weighted by atomic mass is 10.3. The second-order valence-electron chi connectivity index (χ2n) is 2.11. The lowest BCUT2D eigenvalue weighted by molar-refractivity contribution is -0.198. The summed E-state index contributed by atoms with van der Waals surface area (Å²) in [4.78, 5) is 10.1. The molecule has 1 saturated heterocycles. The summed E-state index contributed by atoms with van der Waals surface area (Å²) in [5.74, 6) is 0. The Morgan fingerprint density at radius 2 is 2.44 bits per heavy atom. The Kier molecular flexibility index (Phi) is 2.19. The molecule has 1 rings (SSSR count). The Bertz CT molecular complexity index is 102.